The summed E-state index contributed by atoms with van der Waals surface area (Å²) >= 11 is 0. The molecule has 80 valence electrons. The highest BCUT2D eigenvalue weighted by Gasteiger charge is 2.08. The Morgan fingerprint density at radius 3 is 2.80 bits per heavy atom. The van der Waals surface area contributed by atoms with E-state index in [1.807, 2.05) is 0 Å². The first-order valence-corrected chi connectivity index (χ1v) is 4.25. The average molecular weight is 209 g/mol. The van der Waals surface area contributed by atoms with Gasteiger partial charge in [-0.3, -0.25) is 4.98 Å². The molecule has 0 atom stereocenters. The van der Waals surface area contributed by atoms with E-state index in [0.29, 0.717) is 11.3 Å². The third-order valence-corrected chi connectivity index (χ3v) is 1.92. The van der Waals surface area contributed by atoms with E-state index in [1.165, 1.54) is 12.3 Å². The largest absolute Gasteiger partial charge is 0.505 e. The number of aliphatic hydroxyl groups excluding tert-OH is 1. The number of carboxylic acids is 1. The number of carbonyl (C=O) groups is 1. The van der Waals surface area contributed by atoms with Gasteiger partial charge in [0.05, 0.1) is 12.3 Å². The van der Waals surface area contributed by atoms with Gasteiger partial charge in [-0.25, -0.2) is 4.79 Å². The molecule has 0 amide bonds. The van der Waals surface area contributed by atoms with E-state index in [0.717, 1.165) is 6.08 Å². The normalized spacial score (nSPS) is 10.8. The van der Waals surface area contributed by atoms with Crippen LogP contribution in [0.4, 0.5) is 0 Å². The van der Waals surface area contributed by atoms with Crippen molar-refractivity contribution in [2.75, 3.05) is 0 Å². The van der Waals surface area contributed by atoms with Gasteiger partial charge in [0.2, 0.25) is 0 Å². The molecule has 1 aromatic heterocycles. The molecule has 1 aromatic rings. The lowest BCUT2D eigenvalue weighted by atomic mass is 10.1. The van der Waals surface area contributed by atoms with Gasteiger partial charge in [0.15, 0.2) is 0 Å². The summed E-state index contributed by atoms with van der Waals surface area (Å²) in [6.07, 6.45) is 3.53. The maximum atomic E-state index is 10.3. The van der Waals surface area contributed by atoms with Gasteiger partial charge in [0.1, 0.15) is 5.75 Å². The van der Waals surface area contributed by atoms with E-state index in [1.54, 1.807) is 6.92 Å². The standard InChI is InChI=1S/C10H11NO4/c1-6-10(15)8(2-3-9(13)14)7(5-12)4-11-6/h2-4,12,15H,5H2,1H3,(H,13,14)/b3-2+. The second-order valence-electron chi connectivity index (χ2n) is 2.96. The number of aliphatic carboxylic acids is 1. The van der Waals surface area contributed by atoms with Gasteiger partial charge in [-0.2, -0.15) is 0 Å². The Balaban J connectivity index is 3.23. The lowest BCUT2D eigenvalue weighted by Gasteiger charge is -2.06. The minimum Gasteiger partial charge on any atom is -0.505 e. The van der Waals surface area contributed by atoms with Crippen LogP contribution in [0.5, 0.6) is 5.75 Å². The molecule has 0 aliphatic heterocycles. The summed E-state index contributed by atoms with van der Waals surface area (Å²) in [5.41, 5.74) is 1.06. The fraction of sp³-hybridized carbons (Fsp3) is 0.200. The molecular weight excluding hydrogens is 198 g/mol. The smallest absolute Gasteiger partial charge is 0.328 e. The molecule has 0 unspecified atom stereocenters. The second kappa shape index (κ2) is 4.56. The lowest BCUT2D eigenvalue weighted by molar-refractivity contribution is -0.131. The number of aryl methyl sites for hydroxylation is 1. The number of nitrogens with zero attached hydrogens (tertiary/aromatic N) is 1. The molecule has 3 N–H and O–H groups in total. The lowest BCUT2D eigenvalue weighted by Crippen LogP contribution is -1.95. The highest BCUT2D eigenvalue weighted by atomic mass is 16.4. The molecule has 0 radical (unpaired) electrons. The molecular formula is C10H11NO4. The van der Waals surface area contributed by atoms with Crippen molar-refractivity contribution in [2.24, 2.45) is 0 Å². The van der Waals surface area contributed by atoms with Crippen molar-refractivity contribution < 1.29 is 20.1 Å². The molecule has 5 nitrogen and oxygen atoms in total. The van der Waals surface area contributed by atoms with E-state index in [-0.39, 0.29) is 17.9 Å². The first kappa shape index (κ1) is 11.2. The Morgan fingerprint density at radius 2 is 2.27 bits per heavy atom. The van der Waals surface area contributed by atoms with Crippen molar-refractivity contribution in [3.8, 4) is 5.75 Å². The Morgan fingerprint density at radius 1 is 1.60 bits per heavy atom. The summed E-state index contributed by atoms with van der Waals surface area (Å²) in [6, 6.07) is 0. The van der Waals surface area contributed by atoms with Crippen molar-refractivity contribution >= 4 is 12.0 Å². The van der Waals surface area contributed by atoms with Crippen LogP contribution in [0.2, 0.25) is 0 Å². The first-order valence-electron chi connectivity index (χ1n) is 4.25. The average Bonchev–Trinajstić information content (AvgIpc) is 2.20. The molecule has 1 heterocycles. The van der Waals surface area contributed by atoms with Crippen molar-refractivity contribution in [2.45, 2.75) is 13.5 Å². The predicted molar refractivity (Wildman–Crippen MR) is 53.2 cm³/mol. The van der Waals surface area contributed by atoms with Gasteiger partial charge in [0.25, 0.3) is 0 Å². The molecule has 0 saturated heterocycles. The third kappa shape index (κ3) is 2.54. The first-order chi connectivity index (χ1) is 7.06. The summed E-state index contributed by atoms with van der Waals surface area (Å²) in [4.78, 5) is 14.2. The maximum Gasteiger partial charge on any atom is 0.328 e. The van der Waals surface area contributed by atoms with Crippen LogP contribution in [0.15, 0.2) is 12.3 Å². The fourth-order valence-corrected chi connectivity index (χ4v) is 1.12. The zero-order valence-corrected chi connectivity index (χ0v) is 8.14. The van der Waals surface area contributed by atoms with Gasteiger partial charge in [-0.15, -0.1) is 0 Å². The van der Waals surface area contributed by atoms with Crippen LogP contribution >= 0.6 is 0 Å². The highest BCUT2D eigenvalue weighted by Crippen LogP contribution is 2.24. The number of pyridine rings is 1. The SMILES string of the molecule is Cc1ncc(CO)c(/C=C/C(=O)O)c1O. The summed E-state index contributed by atoms with van der Waals surface area (Å²) in [5, 5.41) is 27.0. The molecule has 5 heteroatoms. The highest BCUT2D eigenvalue weighted by molar-refractivity contribution is 5.86. The fourth-order valence-electron chi connectivity index (χ4n) is 1.12. The van der Waals surface area contributed by atoms with Crippen molar-refractivity contribution in [1.29, 1.82) is 0 Å². The Labute approximate surface area is 86.3 Å². The number of carboxylic acid groups (broad SMARTS) is 1. The van der Waals surface area contributed by atoms with Crippen molar-refractivity contribution in [3.63, 3.8) is 0 Å². The van der Waals surface area contributed by atoms with Crippen molar-refractivity contribution in [1.82, 2.24) is 4.98 Å². The van der Waals surface area contributed by atoms with Crippen LogP contribution in [-0.4, -0.2) is 26.3 Å². The zero-order chi connectivity index (χ0) is 11.4. The third-order valence-electron chi connectivity index (χ3n) is 1.92. The van der Waals surface area contributed by atoms with Gasteiger partial charge in [-0.1, -0.05) is 0 Å². The molecule has 15 heavy (non-hydrogen) atoms. The maximum absolute atomic E-state index is 10.3. The molecule has 0 fully saturated rings. The zero-order valence-electron chi connectivity index (χ0n) is 8.14. The van der Waals surface area contributed by atoms with Gasteiger partial charge >= 0.3 is 5.97 Å². The Hall–Kier alpha value is -1.88. The Kier molecular flexibility index (Phi) is 3.41. The minimum absolute atomic E-state index is 0.112. The van der Waals surface area contributed by atoms with E-state index in [2.05, 4.69) is 4.98 Å². The molecule has 0 aromatic carbocycles. The number of hydrogen-bond donors (Lipinski definition) is 3. The van der Waals surface area contributed by atoms with Crippen LogP contribution < -0.4 is 0 Å². The Bertz CT molecular complexity index is 412. The monoisotopic (exact) mass is 209 g/mol. The van der Waals surface area contributed by atoms with E-state index >= 15 is 0 Å². The molecule has 0 bridgehead atoms. The summed E-state index contributed by atoms with van der Waals surface area (Å²) in [6.45, 7) is 1.29. The van der Waals surface area contributed by atoms with Crippen LogP contribution in [-0.2, 0) is 11.4 Å². The van der Waals surface area contributed by atoms with E-state index in [9.17, 15) is 9.90 Å². The minimum atomic E-state index is -1.12. The van der Waals surface area contributed by atoms with Gasteiger partial charge in [0, 0.05) is 23.4 Å². The van der Waals surface area contributed by atoms with Gasteiger partial charge in [-0.05, 0) is 13.0 Å². The van der Waals surface area contributed by atoms with Crippen LogP contribution in [0.3, 0.4) is 0 Å². The summed E-state index contributed by atoms with van der Waals surface area (Å²) < 4.78 is 0. The van der Waals surface area contributed by atoms with Crippen LogP contribution in [0.25, 0.3) is 6.08 Å². The molecule has 0 aliphatic carbocycles. The molecule has 1 rings (SSSR count). The van der Waals surface area contributed by atoms with Crippen LogP contribution in [0, 0.1) is 6.92 Å². The predicted octanol–water partition coefficient (Wildman–Crippen LogP) is 0.686. The summed E-state index contributed by atoms with van der Waals surface area (Å²) in [7, 11) is 0. The number of aromatic hydroxyl groups is 1. The molecule has 0 aliphatic rings. The van der Waals surface area contributed by atoms with E-state index in [4.69, 9.17) is 10.2 Å². The summed E-state index contributed by atoms with van der Waals surface area (Å²) in [5.74, 6) is -1.23. The second-order valence-corrected chi connectivity index (χ2v) is 2.96. The topological polar surface area (TPSA) is 90.7 Å². The number of hydrogen-bond acceptors (Lipinski definition) is 4. The molecule has 0 saturated carbocycles. The van der Waals surface area contributed by atoms with Gasteiger partial charge < -0.3 is 15.3 Å². The molecule has 0 spiro atoms. The van der Waals surface area contributed by atoms with E-state index < -0.39 is 5.97 Å². The van der Waals surface area contributed by atoms with Crippen LogP contribution in [0.1, 0.15) is 16.8 Å². The number of aromatic nitrogens is 1. The quantitative estimate of drug-likeness (QED) is 0.637. The number of rotatable bonds is 3. The van der Waals surface area contributed by atoms with Crippen molar-refractivity contribution in [3.05, 3.63) is 29.1 Å². The number of aliphatic hydroxyl groups is 1.